The molecule has 84 valence electrons. The zero-order valence-corrected chi connectivity index (χ0v) is 9.03. The lowest BCUT2D eigenvalue weighted by Gasteiger charge is -2.09. The summed E-state index contributed by atoms with van der Waals surface area (Å²) in [5.41, 5.74) is 1.33. The third-order valence-corrected chi connectivity index (χ3v) is 2.36. The van der Waals surface area contributed by atoms with Crippen molar-refractivity contribution in [2.75, 3.05) is 19.0 Å². The lowest BCUT2D eigenvalue weighted by atomic mass is 10.2. The molecule has 2 rings (SSSR count). The molecule has 1 aromatic carbocycles. The Labute approximate surface area is 93.9 Å². The summed E-state index contributed by atoms with van der Waals surface area (Å²) < 4.78 is 10.2. The van der Waals surface area contributed by atoms with Crippen LogP contribution in [0.4, 0.5) is 5.69 Å². The zero-order chi connectivity index (χ0) is 11.4. The van der Waals surface area contributed by atoms with Crippen molar-refractivity contribution >= 4 is 11.6 Å². The fraction of sp³-hybridized carbons (Fsp3) is 0.250. The highest BCUT2D eigenvalue weighted by Gasteiger charge is 2.15. The average Bonchev–Trinajstić information content (AvgIpc) is 2.83. The maximum Gasteiger partial charge on any atom is 0.254 e. The first-order valence-electron chi connectivity index (χ1n) is 5.06. The van der Waals surface area contributed by atoms with Crippen LogP contribution in [0, 0.1) is 0 Å². The molecule has 0 radical (unpaired) electrons. The predicted octanol–water partition coefficient (Wildman–Crippen LogP) is 1.94. The Morgan fingerprint density at radius 3 is 2.94 bits per heavy atom. The number of methoxy groups -OCH3 is 1. The summed E-state index contributed by atoms with van der Waals surface area (Å²) >= 11 is 0. The van der Waals surface area contributed by atoms with E-state index < -0.39 is 0 Å². The summed E-state index contributed by atoms with van der Waals surface area (Å²) in [5, 5.41) is 2.79. The highest BCUT2D eigenvalue weighted by atomic mass is 16.5. The van der Waals surface area contributed by atoms with Gasteiger partial charge in [-0.1, -0.05) is 12.1 Å². The molecule has 0 saturated carbocycles. The molecule has 0 saturated heterocycles. The van der Waals surface area contributed by atoms with Gasteiger partial charge in [0.1, 0.15) is 5.75 Å². The Bertz CT molecular complexity index is 426. The molecule has 1 aliphatic rings. The molecular formula is C12H13NO3. The quantitative estimate of drug-likeness (QED) is 0.845. The molecule has 1 aliphatic heterocycles. The number of nitrogens with one attached hydrogen (secondary N) is 1. The Kier molecular flexibility index (Phi) is 3.10. The van der Waals surface area contributed by atoms with Crippen LogP contribution in [0.25, 0.3) is 0 Å². The molecule has 1 N–H and O–H groups in total. The monoisotopic (exact) mass is 219 g/mol. The van der Waals surface area contributed by atoms with E-state index in [4.69, 9.17) is 9.47 Å². The van der Waals surface area contributed by atoms with Gasteiger partial charge in [-0.3, -0.25) is 4.79 Å². The number of anilines is 1. The summed E-state index contributed by atoms with van der Waals surface area (Å²) in [5.74, 6) is 0.511. The smallest absolute Gasteiger partial charge is 0.254 e. The summed E-state index contributed by atoms with van der Waals surface area (Å²) in [6.07, 6.45) is 2.16. The first-order chi connectivity index (χ1) is 7.81. The van der Waals surface area contributed by atoms with Gasteiger partial charge in [0.05, 0.1) is 31.2 Å². The van der Waals surface area contributed by atoms with Crippen molar-refractivity contribution in [3.8, 4) is 5.75 Å². The molecule has 0 unspecified atom stereocenters. The van der Waals surface area contributed by atoms with E-state index in [-0.39, 0.29) is 5.91 Å². The van der Waals surface area contributed by atoms with E-state index in [0.717, 1.165) is 0 Å². The van der Waals surface area contributed by atoms with Crippen LogP contribution >= 0.6 is 0 Å². The van der Waals surface area contributed by atoms with E-state index in [1.165, 1.54) is 6.26 Å². The highest BCUT2D eigenvalue weighted by molar-refractivity contribution is 6.04. The highest BCUT2D eigenvalue weighted by Crippen LogP contribution is 2.24. The standard InChI is InChI=1S/C12H13NO3/c1-15-11-5-3-2-4-10(11)13-12(14)9-6-7-16-8-9/h2-5,8H,6-7H2,1H3,(H,13,14). The molecule has 1 amide bonds. The van der Waals surface area contributed by atoms with Gasteiger partial charge < -0.3 is 14.8 Å². The minimum atomic E-state index is -0.137. The van der Waals surface area contributed by atoms with Gasteiger partial charge in [-0.05, 0) is 12.1 Å². The van der Waals surface area contributed by atoms with Crippen molar-refractivity contribution in [2.45, 2.75) is 6.42 Å². The number of benzene rings is 1. The zero-order valence-electron chi connectivity index (χ0n) is 9.03. The Morgan fingerprint density at radius 2 is 2.25 bits per heavy atom. The van der Waals surface area contributed by atoms with Gasteiger partial charge >= 0.3 is 0 Å². The summed E-state index contributed by atoms with van der Waals surface area (Å²) in [7, 11) is 1.57. The van der Waals surface area contributed by atoms with Gasteiger partial charge in [0.15, 0.2) is 0 Å². The number of carbonyl (C=O) groups excluding carboxylic acids is 1. The van der Waals surface area contributed by atoms with Crippen molar-refractivity contribution in [3.63, 3.8) is 0 Å². The summed E-state index contributed by atoms with van der Waals surface area (Å²) in [6, 6.07) is 7.30. The number of hydrogen-bond acceptors (Lipinski definition) is 3. The van der Waals surface area contributed by atoms with Gasteiger partial charge in [0.2, 0.25) is 0 Å². The molecule has 16 heavy (non-hydrogen) atoms. The second-order valence-corrected chi connectivity index (χ2v) is 3.42. The second kappa shape index (κ2) is 4.70. The lowest BCUT2D eigenvalue weighted by molar-refractivity contribution is -0.112. The Morgan fingerprint density at radius 1 is 1.44 bits per heavy atom. The van der Waals surface area contributed by atoms with Gasteiger partial charge in [0, 0.05) is 6.42 Å². The van der Waals surface area contributed by atoms with Crippen molar-refractivity contribution in [1.29, 1.82) is 0 Å². The third-order valence-electron chi connectivity index (χ3n) is 2.36. The first kappa shape index (κ1) is 10.5. The van der Waals surface area contributed by atoms with Crippen molar-refractivity contribution in [3.05, 3.63) is 36.1 Å². The van der Waals surface area contributed by atoms with E-state index in [1.54, 1.807) is 19.2 Å². The molecule has 4 nitrogen and oxygen atoms in total. The molecule has 0 bridgehead atoms. The molecule has 0 fully saturated rings. The number of carbonyl (C=O) groups is 1. The van der Waals surface area contributed by atoms with Crippen LogP contribution in [0.3, 0.4) is 0 Å². The van der Waals surface area contributed by atoms with Crippen LogP contribution in [0.5, 0.6) is 5.75 Å². The minimum Gasteiger partial charge on any atom is -0.500 e. The van der Waals surface area contributed by atoms with Crippen LogP contribution in [0.1, 0.15) is 6.42 Å². The first-order valence-corrected chi connectivity index (χ1v) is 5.06. The molecule has 4 heteroatoms. The predicted molar refractivity (Wildman–Crippen MR) is 60.3 cm³/mol. The number of para-hydroxylation sites is 2. The molecular weight excluding hydrogens is 206 g/mol. The van der Waals surface area contributed by atoms with E-state index in [9.17, 15) is 4.79 Å². The summed E-state index contributed by atoms with van der Waals surface area (Å²) in [6.45, 7) is 0.578. The van der Waals surface area contributed by atoms with Gasteiger partial charge in [-0.2, -0.15) is 0 Å². The van der Waals surface area contributed by atoms with Crippen LogP contribution in [-0.2, 0) is 9.53 Å². The molecule has 0 aromatic heterocycles. The van der Waals surface area contributed by atoms with E-state index in [1.807, 2.05) is 12.1 Å². The maximum atomic E-state index is 11.8. The van der Waals surface area contributed by atoms with Crippen LogP contribution in [0.15, 0.2) is 36.1 Å². The Hall–Kier alpha value is -1.97. The van der Waals surface area contributed by atoms with Crippen LogP contribution < -0.4 is 10.1 Å². The van der Waals surface area contributed by atoms with Gasteiger partial charge in [0.25, 0.3) is 5.91 Å². The van der Waals surface area contributed by atoms with Gasteiger partial charge in [-0.25, -0.2) is 0 Å². The molecule has 0 atom stereocenters. The van der Waals surface area contributed by atoms with Crippen molar-refractivity contribution < 1.29 is 14.3 Å². The largest absolute Gasteiger partial charge is 0.500 e. The van der Waals surface area contributed by atoms with Crippen molar-refractivity contribution in [1.82, 2.24) is 0 Å². The number of hydrogen-bond donors (Lipinski definition) is 1. The van der Waals surface area contributed by atoms with E-state index >= 15 is 0 Å². The second-order valence-electron chi connectivity index (χ2n) is 3.42. The number of amides is 1. The molecule has 1 aromatic rings. The molecule has 0 aliphatic carbocycles. The fourth-order valence-corrected chi connectivity index (χ4v) is 1.50. The van der Waals surface area contributed by atoms with E-state index in [2.05, 4.69) is 5.32 Å². The Balaban J connectivity index is 2.11. The van der Waals surface area contributed by atoms with Gasteiger partial charge in [-0.15, -0.1) is 0 Å². The topological polar surface area (TPSA) is 47.6 Å². The number of ether oxygens (including phenoxy) is 2. The average molecular weight is 219 g/mol. The molecule has 0 spiro atoms. The fourth-order valence-electron chi connectivity index (χ4n) is 1.50. The van der Waals surface area contributed by atoms with Crippen LogP contribution in [0.2, 0.25) is 0 Å². The maximum absolute atomic E-state index is 11.8. The minimum absolute atomic E-state index is 0.137. The number of rotatable bonds is 3. The summed E-state index contributed by atoms with van der Waals surface area (Å²) in [4.78, 5) is 11.8. The lowest BCUT2D eigenvalue weighted by Crippen LogP contribution is -2.14. The van der Waals surface area contributed by atoms with Crippen LogP contribution in [-0.4, -0.2) is 19.6 Å². The molecule has 1 heterocycles. The SMILES string of the molecule is COc1ccccc1NC(=O)C1=COCC1. The van der Waals surface area contributed by atoms with Crippen molar-refractivity contribution in [2.24, 2.45) is 0 Å². The third kappa shape index (κ3) is 2.16. The normalized spacial score (nSPS) is 13.9. The van der Waals surface area contributed by atoms with E-state index in [0.29, 0.717) is 30.0 Å².